The fourth-order valence-electron chi connectivity index (χ4n) is 2.12. The van der Waals surface area contributed by atoms with E-state index in [0.29, 0.717) is 31.2 Å². The number of amides is 1. The molecule has 1 aliphatic rings. The molecular weight excluding hydrogens is 306 g/mol. The number of rotatable bonds is 4. The van der Waals surface area contributed by atoms with Gasteiger partial charge in [0.25, 0.3) is 0 Å². The van der Waals surface area contributed by atoms with Crippen LogP contribution in [0.1, 0.15) is 28.8 Å². The molecule has 4 nitrogen and oxygen atoms in total. The molecule has 0 bridgehead atoms. The summed E-state index contributed by atoms with van der Waals surface area (Å²) in [6.45, 7) is 0.500. The summed E-state index contributed by atoms with van der Waals surface area (Å²) >= 11 is 0. The van der Waals surface area contributed by atoms with E-state index in [0.717, 1.165) is 6.42 Å². The number of carbonyl (C=O) groups is 2. The SMILES string of the molecule is O=C(OCCN1CCCC1=O)c1cc(C(F)(F)F)ccc1F. The molecule has 2 rings (SSSR count). The zero-order valence-corrected chi connectivity index (χ0v) is 11.5. The molecule has 1 aromatic carbocycles. The second kappa shape index (κ2) is 6.33. The highest BCUT2D eigenvalue weighted by Crippen LogP contribution is 2.30. The first-order valence-corrected chi connectivity index (χ1v) is 6.60. The van der Waals surface area contributed by atoms with Gasteiger partial charge in [-0.15, -0.1) is 0 Å². The van der Waals surface area contributed by atoms with Crippen molar-refractivity contribution in [1.82, 2.24) is 4.90 Å². The Balaban J connectivity index is 1.98. The van der Waals surface area contributed by atoms with Crippen LogP contribution in [0.3, 0.4) is 0 Å². The molecule has 1 aromatic rings. The lowest BCUT2D eigenvalue weighted by atomic mass is 10.1. The average molecular weight is 319 g/mol. The van der Waals surface area contributed by atoms with E-state index < -0.39 is 29.1 Å². The molecule has 0 aromatic heterocycles. The van der Waals surface area contributed by atoms with Crippen LogP contribution in [0.4, 0.5) is 17.6 Å². The largest absolute Gasteiger partial charge is 0.460 e. The molecule has 1 saturated heterocycles. The minimum Gasteiger partial charge on any atom is -0.460 e. The molecule has 0 aliphatic carbocycles. The normalized spacial score (nSPS) is 15.3. The van der Waals surface area contributed by atoms with Crippen molar-refractivity contribution in [3.63, 3.8) is 0 Å². The molecule has 1 heterocycles. The van der Waals surface area contributed by atoms with Crippen molar-refractivity contribution in [2.75, 3.05) is 19.7 Å². The highest BCUT2D eigenvalue weighted by atomic mass is 19.4. The third kappa shape index (κ3) is 3.75. The first kappa shape index (κ1) is 16.3. The number of halogens is 4. The number of likely N-dealkylation sites (tertiary alicyclic amines) is 1. The van der Waals surface area contributed by atoms with E-state index in [4.69, 9.17) is 4.74 Å². The van der Waals surface area contributed by atoms with Gasteiger partial charge in [-0.2, -0.15) is 13.2 Å². The molecule has 22 heavy (non-hydrogen) atoms. The summed E-state index contributed by atoms with van der Waals surface area (Å²) in [4.78, 5) is 24.5. The van der Waals surface area contributed by atoms with Crippen LogP contribution in [-0.4, -0.2) is 36.5 Å². The third-order valence-corrected chi connectivity index (χ3v) is 3.28. The van der Waals surface area contributed by atoms with Crippen molar-refractivity contribution in [1.29, 1.82) is 0 Å². The Labute approximate surface area is 123 Å². The molecule has 0 atom stereocenters. The quantitative estimate of drug-likeness (QED) is 0.633. The predicted molar refractivity (Wildman–Crippen MR) is 67.5 cm³/mol. The lowest BCUT2D eigenvalue weighted by Crippen LogP contribution is -2.29. The second-order valence-corrected chi connectivity index (χ2v) is 4.81. The summed E-state index contributed by atoms with van der Waals surface area (Å²) in [5.74, 6) is -2.34. The van der Waals surface area contributed by atoms with Gasteiger partial charge in [0, 0.05) is 13.0 Å². The molecule has 120 valence electrons. The zero-order chi connectivity index (χ0) is 16.3. The third-order valence-electron chi connectivity index (χ3n) is 3.28. The minimum absolute atomic E-state index is 0.0682. The number of nitrogens with zero attached hydrogens (tertiary/aromatic N) is 1. The summed E-state index contributed by atoms with van der Waals surface area (Å²) < 4.78 is 55.8. The number of carbonyl (C=O) groups excluding carboxylic acids is 2. The van der Waals surface area contributed by atoms with E-state index in [-0.39, 0.29) is 19.1 Å². The first-order chi connectivity index (χ1) is 10.3. The van der Waals surface area contributed by atoms with Crippen LogP contribution in [-0.2, 0) is 15.7 Å². The first-order valence-electron chi connectivity index (χ1n) is 6.60. The Morgan fingerprint density at radius 1 is 1.32 bits per heavy atom. The zero-order valence-electron chi connectivity index (χ0n) is 11.5. The lowest BCUT2D eigenvalue weighted by molar-refractivity contribution is -0.137. The van der Waals surface area contributed by atoms with Gasteiger partial charge in [0.2, 0.25) is 5.91 Å². The number of benzene rings is 1. The van der Waals surface area contributed by atoms with Crippen LogP contribution in [0.5, 0.6) is 0 Å². The topological polar surface area (TPSA) is 46.6 Å². The van der Waals surface area contributed by atoms with Gasteiger partial charge < -0.3 is 9.64 Å². The highest BCUT2D eigenvalue weighted by molar-refractivity contribution is 5.90. The van der Waals surface area contributed by atoms with E-state index in [2.05, 4.69) is 0 Å². The maximum absolute atomic E-state index is 13.5. The summed E-state index contributed by atoms with van der Waals surface area (Å²) in [5.41, 5.74) is -1.90. The molecular formula is C14H13F4NO3. The molecule has 0 saturated carbocycles. The molecule has 8 heteroatoms. The van der Waals surface area contributed by atoms with E-state index in [1.807, 2.05) is 0 Å². The average Bonchev–Trinajstić information content (AvgIpc) is 2.83. The van der Waals surface area contributed by atoms with Crippen molar-refractivity contribution < 1.29 is 31.9 Å². The number of ether oxygens (including phenoxy) is 1. The van der Waals surface area contributed by atoms with Crippen molar-refractivity contribution in [2.45, 2.75) is 19.0 Å². The second-order valence-electron chi connectivity index (χ2n) is 4.81. The molecule has 1 amide bonds. The smallest absolute Gasteiger partial charge is 0.416 e. The van der Waals surface area contributed by atoms with E-state index in [1.165, 1.54) is 4.90 Å². The number of alkyl halides is 3. The van der Waals surface area contributed by atoms with E-state index >= 15 is 0 Å². The van der Waals surface area contributed by atoms with Crippen molar-refractivity contribution in [3.05, 3.63) is 35.1 Å². The van der Waals surface area contributed by atoms with Crippen LogP contribution >= 0.6 is 0 Å². The predicted octanol–water partition coefficient (Wildman–Crippen LogP) is 2.62. The van der Waals surface area contributed by atoms with Gasteiger partial charge in [0.1, 0.15) is 12.4 Å². The number of hydrogen-bond donors (Lipinski definition) is 0. The van der Waals surface area contributed by atoms with Crippen molar-refractivity contribution >= 4 is 11.9 Å². The van der Waals surface area contributed by atoms with Gasteiger partial charge in [0.15, 0.2) is 0 Å². The van der Waals surface area contributed by atoms with Crippen LogP contribution in [0, 0.1) is 5.82 Å². The number of esters is 1. The summed E-state index contributed by atoms with van der Waals surface area (Å²) in [6.07, 6.45) is -3.53. The van der Waals surface area contributed by atoms with Crippen molar-refractivity contribution in [3.8, 4) is 0 Å². The monoisotopic (exact) mass is 319 g/mol. The standard InChI is InChI=1S/C14H13F4NO3/c15-11-4-3-9(14(16,17)18)8-10(11)13(21)22-7-6-19-5-1-2-12(19)20/h3-4,8H,1-2,5-7H2. The molecule has 1 fully saturated rings. The summed E-state index contributed by atoms with van der Waals surface area (Å²) in [7, 11) is 0. The molecule has 0 spiro atoms. The Kier molecular flexibility index (Phi) is 4.68. The van der Waals surface area contributed by atoms with Gasteiger partial charge in [-0.1, -0.05) is 0 Å². The van der Waals surface area contributed by atoms with Crippen LogP contribution in [0.2, 0.25) is 0 Å². The Morgan fingerprint density at radius 3 is 2.64 bits per heavy atom. The van der Waals surface area contributed by atoms with Crippen LogP contribution < -0.4 is 0 Å². The van der Waals surface area contributed by atoms with Crippen LogP contribution in [0.25, 0.3) is 0 Å². The van der Waals surface area contributed by atoms with Gasteiger partial charge >= 0.3 is 12.1 Å². The Hall–Kier alpha value is -2.12. The minimum atomic E-state index is -4.68. The molecule has 0 N–H and O–H groups in total. The van der Waals surface area contributed by atoms with Crippen molar-refractivity contribution in [2.24, 2.45) is 0 Å². The molecule has 0 unspecified atom stereocenters. The lowest BCUT2D eigenvalue weighted by Gasteiger charge is -2.15. The van der Waals surface area contributed by atoms with Gasteiger partial charge in [-0.05, 0) is 24.6 Å². The van der Waals surface area contributed by atoms with Crippen LogP contribution in [0.15, 0.2) is 18.2 Å². The maximum atomic E-state index is 13.5. The van der Waals surface area contributed by atoms with Gasteiger partial charge in [-0.25, -0.2) is 9.18 Å². The van der Waals surface area contributed by atoms with Gasteiger partial charge in [-0.3, -0.25) is 4.79 Å². The fourth-order valence-corrected chi connectivity index (χ4v) is 2.12. The Bertz CT molecular complexity index is 586. The fraction of sp³-hybridized carbons (Fsp3) is 0.429. The van der Waals surface area contributed by atoms with Gasteiger partial charge in [0.05, 0.1) is 17.7 Å². The molecule has 1 aliphatic heterocycles. The van der Waals surface area contributed by atoms with E-state index in [9.17, 15) is 27.2 Å². The molecule has 0 radical (unpaired) electrons. The number of hydrogen-bond acceptors (Lipinski definition) is 3. The summed E-state index contributed by atoms with van der Waals surface area (Å²) in [5, 5.41) is 0. The highest BCUT2D eigenvalue weighted by Gasteiger charge is 2.32. The summed E-state index contributed by atoms with van der Waals surface area (Å²) in [6, 6.07) is 1.54. The van der Waals surface area contributed by atoms with E-state index in [1.54, 1.807) is 0 Å². The maximum Gasteiger partial charge on any atom is 0.416 e. The Morgan fingerprint density at radius 2 is 2.05 bits per heavy atom.